The molecular weight excluding hydrogens is 314 g/mol. The first-order chi connectivity index (χ1) is 10.6. The molecule has 2 aromatic rings. The summed E-state index contributed by atoms with van der Waals surface area (Å²) in [6.07, 6.45) is 4.46. The number of carbonyl (C=O) groups excluding carboxylic acids is 1. The lowest BCUT2D eigenvalue weighted by atomic mass is 10.2. The second kappa shape index (κ2) is 6.22. The highest BCUT2D eigenvalue weighted by Crippen LogP contribution is 2.28. The second-order valence-electron chi connectivity index (χ2n) is 5.66. The van der Waals surface area contributed by atoms with Gasteiger partial charge >= 0.3 is 0 Å². The molecular formula is C16H19N3OS2. The van der Waals surface area contributed by atoms with Crippen LogP contribution in [-0.4, -0.2) is 16.5 Å². The molecule has 116 valence electrons. The molecule has 1 aromatic heterocycles. The van der Waals surface area contributed by atoms with Gasteiger partial charge in [-0.15, -0.1) is 0 Å². The highest BCUT2D eigenvalue weighted by Gasteiger charge is 2.23. The smallest absolute Gasteiger partial charge is 0.265 e. The molecule has 0 unspecified atom stereocenters. The number of carbonyl (C=O) groups is 1. The van der Waals surface area contributed by atoms with Crippen molar-refractivity contribution in [3.05, 3.63) is 38.7 Å². The zero-order valence-electron chi connectivity index (χ0n) is 12.5. The van der Waals surface area contributed by atoms with Gasteiger partial charge in [0.25, 0.3) is 5.91 Å². The summed E-state index contributed by atoms with van der Waals surface area (Å²) in [5.41, 5.74) is 8.23. The van der Waals surface area contributed by atoms with Crippen molar-refractivity contribution in [2.75, 3.05) is 5.73 Å². The minimum atomic E-state index is -0.104. The van der Waals surface area contributed by atoms with Gasteiger partial charge in [-0.1, -0.05) is 42.4 Å². The molecule has 1 aliphatic carbocycles. The maximum atomic E-state index is 12.5. The van der Waals surface area contributed by atoms with Gasteiger partial charge < -0.3 is 11.1 Å². The van der Waals surface area contributed by atoms with E-state index in [1.54, 1.807) is 4.57 Å². The highest BCUT2D eigenvalue weighted by atomic mass is 32.1. The minimum absolute atomic E-state index is 0.104. The standard InChI is InChI=1S/C16H19N3OS2/c1-10-6-2-5-9-12(10)19-14(17)13(22-16(19)21)15(20)18-11-7-3-4-8-11/h2,5-6,9,11H,3-4,7-8,17H2,1H3,(H,18,20). The number of anilines is 1. The number of hydrogen-bond donors (Lipinski definition) is 2. The van der Waals surface area contributed by atoms with E-state index in [1.807, 2.05) is 31.2 Å². The van der Waals surface area contributed by atoms with Gasteiger partial charge in [0.05, 0.1) is 5.69 Å². The fourth-order valence-corrected chi connectivity index (χ4v) is 4.17. The number of benzene rings is 1. The summed E-state index contributed by atoms with van der Waals surface area (Å²) in [5.74, 6) is 0.327. The number of hydrogen-bond acceptors (Lipinski definition) is 4. The number of nitrogen functional groups attached to an aromatic ring is 1. The third kappa shape index (κ3) is 2.80. The van der Waals surface area contributed by atoms with Gasteiger partial charge in [0.2, 0.25) is 0 Å². The van der Waals surface area contributed by atoms with Crippen LogP contribution in [0.4, 0.5) is 5.82 Å². The van der Waals surface area contributed by atoms with Crippen LogP contribution in [0.2, 0.25) is 0 Å². The number of thiazole rings is 1. The van der Waals surface area contributed by atoms with E-state index in [2.05, 4.69) is 5.32 Å². The fraction of sp³-hybridized carbons (Fsp3) is 0.375. The van der Waals surface area contributed by atoms with Crippen molar-refractivity contribution in [2.45, 2.75) is 38.6 Å². The monoisotopic (exact) mass is 333 g/mol. The molecule has 6 heteroatoms. The normalized spacial score (nSPS) is 15.1. The highest BCUT2D eigenvalue weighted by molar-refractivity contribution is 7.73. The van der Waals surface area contributed by atoms with Crippen LogP contribution in [0.25, 0.3) is 5.69 Å². The molecule has 4 nitrogen and oxygen atoms in total. The maximum Gasteiger partial charge on any atom is 0.265 e. The van der Waals surface area contributed by atoms with Gasteiger partial charge in [-0.05, 0) is 43.6 Å². The van der Waals surface area contributed by atoms with Crippen LogP contribution in [0, 0.1) is 10.9 Å². The third-order valence-corrected chi connectivity index (χ3v) is 5.49. The average molecular weight is 333 g/mol. The molecule has 1 heterocycles. The van der Waals surface area contributed by atoms with Crippen molar-refractivity contribution in [2.24, 2.45) is 0 Å². The molecule has 1 saturated carbocycles. The van der Waals surface area contributed by atoms with Crippen LogP contribution in [0.1, 0.15) is 40.9 Å². The van der Waals surface area contributed by atoms with Crippen LogP contribution < -0.4 is 11.1 Å². The number of nitrogens with one attached hydrogen (secondary N) is 1. The Morgan fingerprint density at radius 2 is 2.05 bits per heavy atom. The predicted octanol–water partition coefficient (Wildman–Crippen LogP) is 3.83. The largest absolute Gasteiger partial charge is 0.383 e. The molecule has 3 rings (SSSR count). The Morgan fingerprint density at radius 3 is 2.73 bits per heavy atom. The maximum absolute atomic E-state index is 12.5. The first-order valence-corrected chi connectivity index (χ1v) is 8.68. The summed E-state index contributed by atoms with van der Waals surface area (Å²) in [6, 6.07) is 8.16. The predicted molar refractivity (Wildman–Crippen MR) is 93.4 cm³/mol. The Labute approximate surface area is 139 Å². The molecule has 0 aliphatic heterocycles. The van der Waals surface area contributed by atoms with Crippen LogP contribution in [0.3, 0.4) is 0 Å². The molecule has 3 N–H and O–H groups in total. The van der Waals surface area contributed by atoms with Crippen molar-refractivity contribution in [1.29, 1.82) is 0 Å². The van der Waals surface area contributed by atoms with Crippen LogP contribution in [0.15, 0.2) is 24.3 Å². The summed E-state index contributed by atoms with van der Waals surface area (Å²) in [6.45, 7) is 2.01. The van der Waals surface area contributed by atoms with E-state index >= 15 is 0 Å². The second-order valence-corrected chi connectivity index (χ2v) is 7.30. The number of nitrogens with zero attached hydrogens (tertiary/aromatic N) is 1. The number of aryl methyl sites for hydroxylation is 1. The first-order valence-electron chi connectivity index (χ1n) is 7.46. The minimum Gasteiger partial charge on any atom is -0.383 e. The lowest BCUT2D eigenvalue weighted by Gasteiger charge is -2.12. The van der Waals surface area contributed by atoms with E-state index in [-0.39, 0.29) is 11.9 Å². The number of amides is 1. The molecule has 1 aromatic carbocycles. The number of aromatic nitrogens is 1. The first kappa shape index (κ1) is 15.2. The van der Waals surface area contributed by atoms with E-state index < -0.39 is 0 Å². The summed E-state index contributed by atoms with van der Waals surface area (Å²) in [4.78, 5) is 13.0. The van der Waals surface area contributed by atoms with E-state index in [4.69, 9.17) is 18.0 Å². The summed E-state index contributed by atoms with van der Waals surface area (Å²) in [5, 5.41) is 3.07. The van der Waals surface area contributed by atoms with Crippen LogP contribution in [-0.2, 0) is 0 Å². The average Bonchev–Trinajstić information content (AvgIpc) is 3.08. The van der Waals surface area contributed by atoms with Crippen molar-refractivity contribution in [1.82, 2.24) is 9.88 Å². The molecule has 22 heavy (non-hydrogen) atoms. The van der Waals surface area contributed by atoms with Crippen LogP contribution >= 0.6 is 23.6 Å². The molecule has 0 spiro atoms. The van der Waals surface area contributed by atoms with Gasteiger partial charge in [-0.3, -0.25) is 9.36 Å². The number of rotatable bonds is 3. The van der Waals surface area contributed by atoms with Crippen molar-refractivity contribution in [3.63, 3.8) is 0 Å². The van der Waals surface area contributed by atoms with Crippen molar-refractivity contribution < 1.29 is 4.79 Å². The summed E-state index contributed by atoms with van der Waals surface area (Å²) in [7, 11) is 0. The SMILES string of the molecule is Cc1ccccc1-n1c(N)c(C(=O)NC2CCCC2)sc1=S. The molecule has 0 atom stereocenters. The zero-order chi connectivity index (χ0) is 15.7. The van der Waals surface area contributed by atoms with Gasteiger partial charge in [0.15, 0.2) is 3.95 Å². The Morgan fingerprint density at radius 1 is 1.36 bits per heavy atom. The van der Waals surface area contributed by atoms with Gasteiger partial charge in [0, 0.05) is 6.04 Å². The third-order valence-electron chi connectivity index (χ3n) is 4.10. The lowest BCUT2D eigenvalue weighted by Crippen LogP contribution is -2.32. The van der Waals surface area contributed by atoms with E-state index in [1.165, 1.54) is 24.2 Å². The molecule has 0 saturated heterocycles. The Bertz CT molecular complexity index is 757. The number of para-hydroxylation sites is 1. The van der Waals surface area contributed by atoms with Crippen LogP contribution in [0.5, 0.6) is 0 Å². The Hall–Kier alpha value is -1.66. The van der Waals surface area contributed by atoms with Gasteiger partial charge in [-0.25, -0.2) is 0 Å². The molecule has 0 radical (unpaired) electrons. The van der Waals surface area contributed by atoms with Gasteiger partial charge in [-0.2, -0.15) is 0 Å². The number of nitrogens with two attached hydrogens (primary N) is 1. The Balaban J connectivity index is 1.95. The van der Waals surface area contributed by atoms with E-state index in [0.29, 0.717) is 14.6 Å². The van der Waals surface area contributed by atoms with E-state index in [0.717, 1.165) is 24.1 Å². The van der Waals surface area contributed by atoms with E-state index in [9.17, 15) is 4.79 Å². The molecule has 1 fully saturated rings. The summed E-state index contributed by atoms with van der Waals surface area (Å²) >= 11 is 6.70. The lowest BCUT2D eigenvalue weighted by molar-refractivity contribution is 0.0942. The fourth-order valence-electron chi connectivity index (χ4n) is 2.91. The van der Waals surface area contributed by atoms with Crippen molar-refractivity contribution in [3.8, 4) is 5.69 Å². The Kier molecular flexibility index (Phi) is 4.31. The quantitative estimate of drug-likeness (QED) is 0.839. The van der Waals surface area contributed by atoms with Gasteiger partial charge in [0.1, 0.15) is 10.7 Å². The topological polar surface area (TPSA) is 60.0 Å². The molecule has 1 aliphatic rings. The zero-order valence-corrected chi connectivity index (χ0v) is 14.1. The van der Waals surface area contributed by atoms with Crippen molar-refractivity contribution >= 4 is 35.3 Å². The molecule has 0 bridgehead atoms. The molecule has 1 amide bonds. The summed E-state index contributed by atoms with van der Waals surface area (Å²) < 4.78 is 2.39.